The van der Waals surface area contributed by atoms with Gasteiger partial charge in [-0.1, -0.05) is 12.1 Å². The summed E-state index contributed by atoms with van der Waals surface area (Å²) in [5.74, 6) is -0.609. The molecule has 2 aliphatic rings. The first kappa shape index (κ1) is 25.8. The van der Waals surface area contributed by atoms with Crippen molar-refractivity contribution in [2.75, 3.05) is 38.0 Å². The van der Waals surface area contributed by atoms with Crippen molar-refractivity contribution in [3.63, 3.8) is 0 Å². The highest BCUT2D eigenvalue weighted by Gasteiger charge is 2.37. The lowest BCUT2D eigenvalue weighted by Gasteiger charge is -2.43. The molecule has 7 nitrogen and oxygen atoms in total. The van der Waals surface area contributed by atoms with E-state index in [1.54, 1.807) is 29.2 Å². The molecule has 0 saturated carbocycles. The molecule has 2 aromatic carbocycles. The fraction of sp³-hybridized carbons (Fsp3) is 0.500. The molecule has 0 aliphatic carbocycles. The Morgan fingerprint density at radius 3 is 2.35 bits per heavy atom. The van der Waals surface area contributed by atoms with Crippen molar-refractivity contribution < 1.29 is 13.9 Å². The van der Waals surface area contributed by atoms with Crippen molar-refractivity contribution in [1.82, 2.24) is 24.6 Å². The summed E-state index contributed by atoms with van der Waals surface area (Å²) < 4.78 is 29.7. The van der Waals surface area contributed by atoms with Crippen LogP contribution in [0.3, 0.4) is 0 Å². The fourth-order valence-corrected chi connectivity index (χ4v) is 5.80. The molecule has 1 atom stereocenters. The average Bonchev–Trinajstić information content (AvgIpc) is 3.39. The number of β-amino-alcohol motifs (C(OH)–C–C–N with tert-alkyl or cyclic N) is 1. The Bertz CT molecular complexity index is 1140. The Morgan fingerprint density at radius 2 is 1.70 bits per heavy atom. The average molecular weight is 511 g/mol. The summed E-state index contributed by atoms with van der Waals surface area (Å²) in [5.41, 5.74) is 0.674. The van der Waals surface area contributed by atoms with Gasteiger partial charge in [0.2, 0.25) is 0 Å². The van der Waals surface area contributed by atoms with E-state index in [1.165, 1.54) is 24.5 Å². The number of nitrogens with zero attached hydrogens (tertiary/aromatic N) is 5. The number of likely N-dealkylation sites (tertiary alicyclic amines) is 2. The highest BCUT2D eigenvalue weighted by molar-refractivity contribution is 5.43. The lowest BCUT2D eigenvalue weighted by Crippen LogP contribution is -2.52. The number of hydrogen-bond donors (Lipinski definition) is 2. The number of nitrogens with one attached hydrogen (secondary N) is 1. The van der Waals surface area contributed by atoms with Crippen molar-refractivity contribution in [2.24, 2.45) is 0 Å². The van der Waals surface area contributed by atoms with Gasteiger partial charge in [-0.15, -0.1) is 0 Å². The van der Waals surface area contributed by atoms with E-state index in [9.17, 15) is 13.9 Å². The number of rotatable bonds is 8. The van der Waals surface area contributed by atoms with Gasteiger partial charge in [-0.25, -0.2) is 18.4 Å². The molecule has 0 bridgehead atoms. The minimum Gasteiger partial charge on any atom is -0.382 e. The lowest BCUT2D eigenvalue weighted by molar-refractivity contribution is -0.0323. The second kappa shape index (κ2) is 11.2. The standard InChI is InChI=1S/C28H36F2N6O/c1-21-2-7-26(27(30)16-21)28(37,18-36-20-31-19-32-36)17-34-12-10-25(11-13-34)35-14-8-24(9-15-35)33-23-5-3-22(29)4-6-23/h2-7,16,19-20,24-25,33,37H,8-15,17-18H2,1H3. The molecule has 2 fully saturated rings. The Hall–Kier alpha value is -2.88. The molecule has 5 rings (SSSR count). The van der Waals surface area contributed by atoms with Crippen molar-refractivity contribution in [2.45, 2.75) is 56.8 Å². The summed E-state index contributed by atoms with van der Waals surface area (Å²) >= 11 is 0. The highest BCUT2D eigenvalue weighted by atomic mass is 19.1. The summed E-state index contributed by atoms with van der Waals surface area (Å²) in [6, 6.07) is 12.5. The number of hydrogen-bond acceptors (Lipinski definition) is 6. The maximum Gasteiger partial charge on any atom is 0.137 e. The zero-order valence-corrected chi connectivity index (χ0v) is 21.4. The second-order valence-corrected chi connectivity index (χ2v) is 10.6. The Kier molecular flexibility index (Phi) is 7.83. The molecule has 0 amide bonds. The minimum absolute atomic E-state index is 0.140. The molecular formula is C28H36F2N6O. The van der Waals surface area contributed by atoms with E-state index in [4.69, 9.17) is 0 Å². The van der Waals surface area contributed by atoms with E-state index in [1.807, 2.05) is 13.0 Å². The van der Waals surface area contributed by atoms with E-state index < -0.39 is 11.4 Å². The van der Waals surface area contributed by atoms with Gasteiger partial charge in [-0.3, -0.25) is 4.90 Å². The zero-order valence-electron chi connectivity index (χ0n) is 21.4. The largest absolute Gasteiger partial charge is 0.382 e. The number of aryl methyl sites for hydroxylation is 1. The molecule has 9 heteroatoms. The first-order chi connectivity index (χ1) is 17.9. The predicted octanol–water partition coefficient (Wildman–Crippen LogP) is 3.79. The van der Waals surface area contributed by atoms with Crippen LogP contribution < -0.4 is 5.32 Å². The van der Waals surface area contributed by atoms with Crippen LogP contribution in [-0.4, -0.2) is 74.5 Å². The number of halogens is 2. The van der Waals surface area contributed by atoms with Crippen molar-refractivity contribution >= 4 is 5.69 Å². The molecule has 2 saturated heterocycles. The van der Waals surface area contributed by atoms with Gasteiger partial charge in [0.05, 0.1) is 6.54 Å². The quantitative estimate of drug-likeness (QED) is 0.481. The normalized spacial score (nSPS) is 20.1. The van der Waals surface area contributed by atoms with Crippen LogP contribution in [0.15, 0.2) is 55.1 Å². The summed E-state index contributed by atoms with van der Waals surface area (Å²) in [4.78, 5) is 8.82. The number of benzene rings is 2. The van der Waals surface area contributed by atoms with Gasteiger partial charge in [-0.05, 0) is 81.6 Å². The molecule has 0 radical (unpaired) electrons. The topological polar surface area (TPSA) is 69.5 Å². The van der Waals surface area contributed by atoms with Crippen LogP contribution in [-0.2, 0) is 12.1 Å². The molecule has 198 valence electrons. The first-order valence-electron chi connectivity index (χ1n) is 13.2. The molecule has 37 heavy (non-hydrogen) atoms. The molecule has 1 aromatic heterocycles. The van der Waals surface area contributed by atoms with E-state index in [-0.39, 0.29) is 12.4 Å². The van der Waals surface area contributed by atoms with Crippen LogP contribution in [0.5, 0.6) is 0 Å². The van der Waals surface area contributed by atoms with Gasteiger partial charge in [-0.2, -0.15) is 5.10 Å². The smallest absolute Gasteiger partial charge is 0.137 e. The third-order valence-corrected chi connectivity index (χ3v) is 7.82. The Balaban J connectivity index is 1.16. The molecule has 1 unspecified atom stereocenters. The van der Waals surface area contributed by atoms with E-state index in [0.717, 1.165) is 63.1 Å². The van der Waals surface area contributed by atoms with Gasteiger partial charge in [0.1, 0.15) is 29.9 Å². The van der Waals surface area contributed by atoms with E-state index in [0.29, 0.717) is 24.2 Å². The summed E-state index contributed by atoms with van der Waals surface area (Å²) in [7, 11) is 0. The fourth-order valence-electron chi connectivity index (χ4n) is 5.80. The van der Waals surface area contributed by atoms with Crippen LogP contribution in [0.1, 0.15) is 36.8 Å². The number of piperidine rings is 2. The van der Waals surface area contributed by atoms with Crippen LogP contribution in [0, 0.1) is 18.6 Å². The Labute approximate surface area is 217 Å². The summed E-state index contributed by atoms with van der Waals surface area (Å²) in [6.45, 7) is 6.10. The Morgan fingerprint density at radius 1 is 0.973 bits per heavy atom. The van der Waals surface area contributed by atoms with Crippen LogP contribution in [0.4, 0.5) is 14.5 Å². The van der Waals surface area contributed by atoms with Crippen LogP contribution >= 0.6 is 0 Å². The lowest BCUT2D eigenvalue weighted by atomic mass is 9.90. The highest BCUT2D eigenvalue weighted by Crippen LogP contribution is 2.30. The second-order valence-electron chi connectivity index (χ2n) is 10.6. The molecule has 2 aliphatic heterocycles. The number of aromatic nitrogens is 3. The van der Waals surface area contributed by atoms with Gasteiger partial charge < -0.3 is 15.3 Å². The van der Waals surface area contributed by atoms with Crippen molar-refractivity contribution in [3.8, 4) is 0 Å². The first-order valence-corrected chi connectivity index (χ1v) is 13.2. The molecule has 0 spiro atoms. The maximum absolute atomic E-state index is 15.0. The molecule has 3 heterocycles. The van der Waals surface area contributed by atoms with Crippen molar-refractivity contribution in [3.05, 3.63) is 77.9 Å². The zero-order chi connectivity index (χ0) is 25.8. The monoisotopic (exact) mass is 510 g/mol. The van der Waals surface area contributed by atoms with Gasteiger partial charge in [0, 0.05) is 43.0 Å². The molecular weight excluding hydrogens is 474 g/mol. The SMILES string of the molecule is Cc1ccc(C(O)(CN2CCC(N3CCC(Nc4ccc(F)cc4)CC3)CC2)Cn2cncn2)c(F)c1. The van der Waals surface area contributed by atoms with Crippen molar-refractivity contribution in [1.29, 1.82) is 0 Å². The summed E-state index contributed by atoms with van der Waals surface area (Å²) in [6.07, 6.45) is 7.13. The van der Waals surface area contributed by atoms with Gasteiger partial charge in [0.15, 0.2) is 0 Å². The maximum atomic E-state index is 15.0. The van der Waals surface area contributed by atoms with E-state index >= 15 is 0 Å². The third kappa shape index (κ3) is 6.34. The van der Waals surface area contributed by atoms with Crippen LogP contribution in [0.2, 0.25) is 0 Å². The van der Waals surface area contributed by atoms with E-state index in [2.05, 4.69) is 25.2 Å². The third-order valence-electron chi connectivity index (χ3n) is 7.82. The molecule has 2 N–H and O–H groups in total. The number of anilines is 1. The van der Waals surface area contributed by atoms with Gasteiger partial charge in [0.25, 0.3) is 0 Å². The molecule has 3 aromatic rings. The minimum atomic E-state index is -1.41. The summed E-state index contributed by atoms with van der Waals surface area (Å²) in [5, 5.41) is 19.4. The number of aliphatic hydroxyl groups is 1. The van der Waals surface area contributed by atoms with Gasteiger partial charge >= 0.3 is 0 Å². The van der Waals surface area contributed by atoms with Crippen LogP contribution in [0.25, 0.3) is 0 Å². The predicted molar refractivity (Wildman–Crippen MR) is 139 cm³/mol.